The molecule has 0 radical (unpaired) electrons. The molecule has 0 atom stereocenters. The van der Waals surface area contributed by atoms with E-state index in [1.807, 2.05) is 18.2 Å². The normalized spacial score (nSPS) is 16.5. The standard InChI is InChI=1S/C25H28FN5O2/c26-20-8-6-18-4-3-5-22(21(18)16-20)31-13-11-30(12-14-31)10-1-2-15-33-25-27-17-19-7-9-23(32)28-24(19)29-25/h3-6,8,16-17H,1-2,7,9-15H2,(H,27,28,29,32). The van der Waals surface area contributed by atoms with Crippen LogP contribution in [0.1, 0.15) is 24.8 Å². The highest BCUT2D eigenvalue weighted by molar-refractivity contribution is 5.94. The minimum Gasteiger partial charge on any atom is -0.463 e. The van der Waals surface area contributed by atoms with E-state index in [1.165, 1.54) is 6.07 Å². The molecule has 8 heteroatoms. The first-order chi connectivity index (χ1) is 16.2. The van der Waals surface area contributed by atoms with Gasteiger partial charge in [-0.1, -0.05) is 18.2 Å². The monoisotopic (exact) mass is 449 g/mol. The van der Waals surface area contributed by atoms with Crippen LogP contribution in [0.15, 0.2) is 42.6 Å². The van der Waals surface area contributed by atoms with Crippen LogP contribution in [0.4, 0.5) is 15.9 Å². The van der Waals surface area contributed by atoms with E-state index in [-0.39, 0.29) is 11.7 Å². The molecule has 1 amide bonds. The van der Waals surface area contributed by atoms with Gasteiger partial charge in [-0.3, -0.25) is 9.69 Å². The quantitative estimate of drug-likeness (QED) is 0.556. The Bertz CT molecular complexity index is 1150. The van der Waals surface area contributed by atoms with Gasteiger partial charge < -0.3 is 15.0 Å². The van der Waals surface area contributed by atoms with Crippen molar-refractivity contribution in [1.29, 1.82) is 0 Å². The van der Waals surface area contributed by atoms with Crippen molar-refractivity contribution in [2.24, 2.45) is 0 Å². The molecule has 7 nitrogen and oxygen atoms in total. The number of anilines is 2. The smallest absolute Gasteiger partial charge is 0.318 e. The van der Waals surface area contributed by atoms with Crippen molar-refractivity contribution in [2.75, 3.05) is 49.5 Å². The first-order valence-electron chi connectivity index (χ1n) is 11.6. The Morgan fingerprint density at radius 1 is 1.06 bits per heavy atom. The molecular formula is C25H28FN5O2. The Balaban J connectivity index is 1.06. The van der Waals surface area contributed by atoms with E-state index in [4.69, 9.17) is 4.74 Å². The van der Waals surface area contributed by atoms with Crippen LogP contribution in [0.5, 0.6) is 6.01 Å². The number of nitrogens with one attached hydrogen (secondary N) is 1. The van der Waals surface area contributed by atoms with Crippen LogP contribution in [0.3, 0.4) is 0 Å². The number of ether oxygens (including phenoxy) is 1. The van der Waals surface area contributed by atoms with Gasteiger partial charge in [0.05, 0.1) is 6.61 Å². The van der Waals surface area contributed by atoms with Crippen molar-refractivity contribution in [1.82, 2.24) is 14.9 Å². The van der Waals surface area contributed by atoms with Crippen molar-refractivity contribution in [3.8, 4) is 6.01 Å². The Hall–Kier alpha value is -3.26. The molecule has 0 bridgehead atoms. The Morgan fingerprint density at radius 3 is 2.82 bits per heavy atom. The summed E-state index contributed by atoms with van der Waals surface area (Å²) >= 11 is 0. The average molecular weight is 450 g/mol. The summed E-state index contributed by atoms with van der Waals surface area (Å²) in [5.74, 6) is 0.365. The molecule has 1 fully saturated rings. The third-order valence-corrected chi connectivity index (χ3v) is 6.36. The molecule has 33 heavy (non-hydrogen) atoms. The van der Waals surface area contributed by atoms with Crippen molar-refractivity contribution in [2.45, 2.75) is 25.7 Å². The van der Waals surface area contributed by atoms with Gasteiger partial charge in [-0.25, -0.2) is 9.37 Å². The van der Waals surface area contributed by atoms with Crippen molar-refractivity contribution in [3.05, 3.63) is 54.0 Å². The number of piperazine rings is 1. The molecule has 2 aromatic carbocycles. The maximum atomic E-state index is 13.8. The zero-order chi connectivity index (χ0) is 22.6. The number of rotatable bonds is 7. The minimum atomic E-state index is -0.193. The number of benzene rings is 2. The van der Waals surface area contributed by atoms with Crippen LogP contribution < -0.4 is 15.0 Å². The molecule has 3 heterocycles. The Kier molecular flexibility index (Phi) is 6.35. The van der Waals surface area contributed by atoms with E-state index < -0.39 is 0 Å². The minimum absolute atomic E-state index is 0.0140. The predicted molar refractivity (Wildman–Crippen MR) is 126 cm³/mol. The average Bonchev–Trinajstić information content (AvgIpc) is 2.83. The second-order valence-corrected chi connectivity index (χ2v) is 8.60. The number of aryl methyl sites for hydroxylation is 1. The zero-order valence-corrected chi connectivity index (χ0v) is 18.6. The third kappa shape index (κ3) is 5.06. The molecule has 1 aromatic heterocycles. The molecule has 0 unspecified atom stereocenters. The van der Waals surface area contributed by atoms with Crippen LogP contribution in [-0.4, -0.2) is 60.1 Å². The number of unbranched alkanes of at least 4 members (excludes halogenated alkanes) is 1. The molecule has 0 spiro atoms. The maximum Gasteiger partial charge on any atom is 0.318 e. The van der Waals surface area contributed by atoms with Crippen LogP contribution in [0, 0.1) is 5.82 Å². The largest absolute Gasteiger partial charge is 0.463 e. The second-order valence-electron chi connectivity index (χ2n) is 8.60. The predicted octanol–water partition coefficient (Wildman–Crippen LogP) is 3.63. The molecular weight excluding hydrogens is 421 g/mol. The first kappa shape index (κ1) is 21.6. The van der Waals surface area contributed by atoms with Crippen LogP contribution in [0.25, 0.3) is 10.8 Å². The highest BCUT2D eigenvalue weighted by Gasteiger charge is 2.19. The van der Waals surface area contributed by atoms with Crippen LogP contribution >= 0.6 is 0 Å². The zero-order valence-electron chi connectivity index (χ0n) is 18.6. The number of carbonyl (C=O) groups is 1. The number of nitrogens with zero attached hydrogens (tertiary/aromatic N) is 4. The van der Waals surface area contributed by atoms with Crippen LogP contribution in [-0.2, 0) is 11.2 Å². The number of fused-ring (bicyclic) bond motifs is 2. The van der Waals surface area contributed by atoms with Gasteiger partial charge in [-0.15, -0.1) is 0 Å². The SMILES string of the molecule is O=C1CCc2cnc(OCCCCN3CCN(c4cccc5ccc(F)cc45)CC3)nc2N1. The van der Waals surface area contributed by atoms with E-state index in [0.717, 1.165) is 67.6 Å². The molecule has 2 aliphatic rings. The first-order valence-corrected chi connectivity index (χ1v) is 11.6. The van der Waals surface area contributed by atoms with Crippen molar-refractivity contribution < 1.29 is 13.9 Å². The molecule has 172 valence electrons. The van der Waals surface area contributed by atoms with E-state index in [2.05, 4.69) is 31.2 Å². The molecule has 3 aromatic rings. The summed E-state index contributed by atoms with van der Waals surface area (Å²) in [4.78, 5) is 24.9. The van der Waals surface area contributed by atoms with E-state index in [0.29, 0.717) is 31.3 Å². The molecule has 5 rings (SSSR count). The number of hydrogen-bond acceptors (Lipinski definition) is 6. The van der Waals surface area contributed by atoms with Crippen molar-refractivity contribution >= 4 is 28.2 Å². The number of carbonyl (C=O) groups excluding carboxylic acids is 1. The highest BCUT2D eigenvalue weighted by Crippen LogP contribution is 2.28. The topological polar surface area (TPSA) is 70.6 Å². The van der Waals surface area contributed by atoms with Gasteiger partial charge in [-0.05, 0) is 49.4 Å². The third-order valence-electron chi connectivity index (χ3n) is 6.36. The molecule has 0 aliphatic carbocycles. The highest BCUT2D eigenvalue weighted by atomic mass is 19.1. The molecule has 1 N–H and O–H groups in total. The van der Waals surface area contributed by atoms with Gasteiger partial charge in [0.1, 0.15) is 11.6 Å². The van der Waals surface area contributed by atoms with Gasteiger partial charge >= 0.3 is 6.01 Å². The summed E-state index contributed by atoms with van der Waals surface area (Å²) in [6.07, 6.45) is 4.83. The van der Waals surface area contributed by atoms with Crippen molar-refractivity contribution in [3.63, 3.8) is 0 Å². The molecule has 2 aliphatic heterocycles. The fourth-order valence-corrected chi connectivity index (χ4v) is 4.51. The van der Waals surface area contributed by atoms with Gasteiger partial charge in [0, 0.05) is 55.4 Å². The summed E-state index contributed by atoms with van der Waals surface area (Å²) in [5, 5.41) is 4.82. The summed E-state index contributed by atoms with van der Waals surface area (Å²) in [6.45, 7) is 5.40. The van der Waals surface area contributed by atoms with Gasteiger partial charge in [0.2, 0.25) is 5.91 Å². The number of halogens is 1. The fraction of sp³-hybridized carbons (Fsp3) is 0.400. The Labute approximate surface area is 192 Å². The second kappa shape index (κ2) is 9.70. The lowest BCUT2D eigenvalue weighted by Crippen LogP contribution is -2.46. The van der Waals surface area contributed by atoms with Gasteiger partial charge in [-0.2, -0.15) is 4.98 Å². The maximum absolute atomic E-state index is 13.8. The molecule has 1 saturated heterocycles. The van der Waals surface area contributed by atoms with E-state index >= 15 is 0 Å². The molecule has 0 saturated carbocycles. The summed E-state index contributed by atoms with van der Waals surface area (Å²) in [7, 11) is 0. The van der Waals surface area contributed by atoms with Gasteiger partial charge in [0.25, 0.3) is 0 Å². The Morgan fingerprint density at radius 2 is 1.94 bits per heavy atom. The lowest BCUT2D eigenvalue weighted by Gasteiger charge is -2.36. The number of aromatic nitrogens is 2. The lowest BCUT2D eigenvalue weighted by molar-refractivity contribution is -0.116. The number of hydrogen-bond donors (Lipinski definition) is 1. The van der Waals surface area contributed by atoms with E-state index in [9.17, 15) is 9.18 Å². The lowest BCUT2D eigenvalue weighted by atomic mass is 10.1. The van der Waals surface area contributed by atoms with Gasteiger partial charge in [0.15, 0.2) is 0 Å². The van der Waals surface area contributed by atoms with Crippen LogP contribution in [0.2, 0.25) is 0 Å². The fourth-order valence-electron chi connectivity index (χ4n) is 4.51. The van der Waals surface area contributed by atoms with E-state index in [1.54, 1.807) is 12.3 Å². The summed E-state index contributed by atoms with van der Waals surface area (Å²) < 4.78 is 19.5. The summed E-state index contributed by atoms with van der Waals surface area (Å²) in [6, 6.07) is 11.5. The summed E-state index contributed by atoms with van der Waals surface area (Å²) in [5.41, 5.74) is 2.07. The number of amides is 1.